The van der Waals surface area contributed by atoms with Gasteiger partial charge in [0.25, 0.3) is 0 Å². The Morgan fingerprint density at radius 2 is 1.64 bits per heavy atom. The molecule has 0 saturated carbocycles. The normalized spacial score (nSPS) is 14.4. The molecule has 1 nitrogen and oxygen atoms in total. The minimum absolute atomic E-state index is 0.296. The standard InChI is InChI=1S/C13H29N/c1-6-7-8-9-10-11-12(2)13(3,4)14-5/h12,14H,6-11H2,1-5H3. The molecule has 1 heteroatoms. The highest BCUT2D eigenvalue weighted by molar-refractivity contribution is 4.81. The molecular weight excluding hydrogens is 170 g/mol. The van der Waals surface area contributed by atoms with Crippen LogP contribution in [0.3, 0.4) is 0 Å². The number of hydrogen-bond donors (Lipinski definition) is 1. The second-order valence-corrected chi connectivity index (χ2v) is 5.08. The van der Waals surface area contributed by atoms with Crippen molar-refractivity contribution < 1.29 is 0 Å². The van der Waals surface area contributed by atoms with Crippen molar-refractivity contribution in [2.45, 2.75) is 71.8 Å². The molecule has 0 bridgehead atoms. The fourth-order valence-electron chi connectivity index (χ4n) is 1.66. The van der Waals surface area contributed by atoms with Gasteiger partial charge in [-0.15, -0.1) is 0 Å². The van der Waals surface area contributed by atoms with Crippen LogP contribution in [0.5, 0.6) is 0 Å². The number of hydrogen-bond acceptors (Lipinski definition) is 1. The summed E-state index contributed by atoms with van der Waals surface area (Å²) in [5.74, 6) is 0.772. The van der Waals surface area contributed by atoms with Crippen LogP contribution in [0, 0.1) is 5.92 Å². The Kier molecular flexibility index (Phi) is 7.26. The Bertz CT molecular complexity index is 129. The zero-order valence-corrected chi connectivity index (χ0v) is 10.8. The fraction of sp³-hybridized carbons (Fsp3) is 1.00. The molecule has 0 fully saturated rings. The smallest absolute Gasteiger partial charge is 0.0147 e. The fourth-order valence-corrected chi connectivity index (χ4v) is 1.66. The summed E-state index contributed by atoms with van der Waals surface area (Å²) in [6, 6.07) is 0. The van der Waals surface area contributed by atoms with Gasteiger partial charge in [-0.3, -0.25) is 0 Å². The second-order valence-electron chi connectivity index (χ2n) is 5.08. The summed E-state index contributed by atoms with van der Waals surface area (Å²) in [7, 11) is 2.06. The largest absolute Gasteiger partial charge is 0.315 e. The Labute approximate surface area is 90.7 Å². The van der Waals surface area contributed by atoms with Gasteiger partial charge in [0, 0.05) is 5.54 Å². The molecule has 1 unspecified atom stereocenters. The van der Waals surface area contributed by atoms with Crippen LogP contribution in [0.2, 0.25) is 0 Å². The van der Waals surface area contributed by atoms with Gasteiger partial charge in [0.05, 0.1) is 0 Å². The first-order valence-electron chi connectivity index (χ1n) is 6.23. The lowest BCUT2D eigenvalue weighted by Gasteiger charge is -2.31. The van der Waals surface area contributed by atoms with Gasteiger partial charge in [0.15, 0.2) is 0 Å². The summed E-state index contributed by atoms with van der Waals surface area (Å²) in [4.78, 5) is 0. The second kappa shape index (κ2) is 7.28. The van der Waals surface area contributed by atoms with Crippen LogP contribution in [0.15, 0.2) is 0 Å². The molecule has 0 aliphatic carbocycles. The predicted molar refractivity (Wildman–Crippen MR) is 65.7 cm³/mol. The maximum Gasteiger partial charge on any atom is 0.0147 e. The number of nitrogens with one attached hydrogen (secondary N) is 1. The first-order valence-corrected chi connectivity index (χ1v) is 6.23. The quantitative estimate of drug-likeness (QED) is 0.583. The summed E-state index contributed by atoms with van der Waals surface area (Å²) < 4.78 is 0. The molecule has 0 aromatic heterocycles. The summed E-state index contributed by atoms with van der Waals surface area (Å²) in [6.45, 7) is 9.22. The first-order chi connectivity index (χ1) is 6.54. The lowest BCUT2D eigenvalue weighted by atomic mass is 9.85. The highest BCUT2D eigenvalue weighted by Gasteiger charge is 2.22. The van der Waals surface area contributed by atoms with Crippen molar-refractivity contribution in [3.05, 3.63) is 0 Å². The van der Waals surface area contributed by atoms with E-state index in [1.807, 2.05) is 0 Å². The molecule has 0 rings (SSSR count). The van der Waals surface area contributed by atoms with E-state index in [0.29, 0.717) is 5.54 Å². The van der Waals surface area contributed by atoms with Crippen LogP contribution in [0.25, 0.3) is 0 Å². The van der Waals surface area contributed by atoms with E-state index in [0.717, 1.165) is 5.92 Å². The van der Waals surface area contributed by atoms with Crippen LogP contribution in [-0.2, 0) is 0 Å². The topological polar surface area (TPSA) is 12.0 Å². The van der Waals surface area contributed by atoms with Crippen LogP contribution >= 0.6 is 0 Å². The van der Waals surface area contributed by atoms with E-state index in [9.17, 15) is 0 Å². The van der Waals surface area contributed by atoms with Crippen LogP contribution in [0.4, 0.5) is 0 Å². The van der Waals surface area contributed by atoms with Crippen LogP contribution < -0.4 is 5.32 Å². The van der Waals surface area contributed by atoms with E-state index in [-0.39, 0.29) is 0 Å². The lowest BCUT2D eigenvalue weighted by molar-refractivity contribution is 0.267. The average molecular weight is 199 g/mol. The third kappa shape index (κ3) is 5.64. The minimum atomic E-state index is 0.296. The van der Waals surface area contributed by atoms with E-state index >= 15 is 0 Å². The number of rotatable bonds is 8. The zero-order valence-electron chi connectivity index (χ0n) is 10.8. The monoisotopic (exact) mass is 199 g/mol. The molecule has 0 aromatic carbocycles. The van der Waals surface area contributed by atoms with Gasteiger partial charge in [0.2, 0.25) is 0 Å². The van der Waals surface area contributed by atoms with Crippen molar-refractivity contribution in [2.75, 3.05) is 7.05 Å². The first kappa shape index (κ1) is 14.0. The summed E-state index contributed by atoms with van der Waals surface area (Å²) in [5, 5.41) is 3.39. The van der Waals surface area contributed by atoms with Crippen LogP contribution in [-0.4, -0.2) is 12.6 Å². The Balaban J connectivity index is 3.48. The van der Waals surface area contributed by atoms with Crippen molar-refractivity contribution in [1.29, 1.82) is 0 Å². The van der Waals surface area contributed by atoms with Gasteiger partial charge in [-0.2, -0.15) is 0 Å². The van der Waals surface area contributed by atoms with E-state index in [2.05, 4.69) is 40.1 Å². The van der Waals surface area contributed by atoms with Gasteiger partial charge in [-0.05, 0) is 33.2 Å². The zero-order chi connectivity index (χ0) is 11.0. The molecule has 14 heavy (non-hydrogen) atoms. The van der Waals surface area contributed by atoms with Crippen LogP contribution in [0.1, 0.15) is 66.2 Å². The molecule has 0 spiro atoms. The van der Waals surface area contributed by atoms with Crippen molar-refractivity contribution in [3.8, 4) is 0 Å². The molecule has 1 atom stereocenters. The predicted octanol–water partition coefficient (Wildman–Crippen LogP) is 3.98. The highest BCUT2D eigenvalue weighted by atomic mass is 14.9. The van der Waals surface area contributed by atoms with E-state index in [1.165, 1.54) is 38.5 Å². The van der Waals surface area contributed by atoms with Gasteiger partial charge in [-0.1, -0.05) is 46.0 Å². The molecule has 0 heterocycles. The third-order valence-corrected chi connectivity index (χ3v) is 3.62. The molecule has 0 aromatic rings. The van der Waals surface area contributed by atoms with Crippen molar-refractivity contribution in [1.82, 2.24) is 5.32 Å². The molecule has 0 saturated heterocycles. The van der Waals surface area contributed by atoms with Crippen molar-refractivity contribution in [3.63, 3.8) is 0 Å². The maximum atomic E-state index is 3.39. The molecule has 0 radical (unpaired) electrons. The molecule has 1 N–H and O–H groups in total. The minimum Gasteiger partial charge on any atom is -0.315 e. The van der Waals surface area contributed by atoms with E-state index < -0.39 is 0 Å². The third-order valence-electron chi connectivity index (χ3n) is 3.62. The lowest BCUT2D eigenvalue weighted by Crippen LogP contribution is -2.42. The maximum absolute atomic E-state index is 3.39. The van der Waals surface area contributed by atoms with Crippen molar-refractivity contribution in [2.24, 2.45) is 5.92 Å². The van der Waals surface area contributed by atoms with Gasteiger partial charge in [0.1, 0.15) is 0 Å². The molecule has 0 aliphatic heterocycles. The Morgan fingerprint density at radius 1 is 1.07 bits per heavy atom. The molecule has 0 amide bonds. The Morgan fingerprint density at radius 3 is 2.14 bits per heavy atom. The molecular formula is C13H29N. The van der Waals surface area contributed by atoms with E-state index in [1.54, 1.807) is 0 Å². The van der Waals surface area contributed by atoms with Gasteiger partial charge >= 0.3 is 0 Å². The SMILES string of the molecule is CCCCCCCC(C)C(C)(C)NC. The summed E-state index contributed by atoms with van der Waals surface area (Å²) in [5.41, 5.74) is 0.296. The molecule has 86 valence electrons. The molecule has 0 aliphatic rings. The number of unbranched alkanes of at least 4 members (excludes halogenated alkanes) is 4. The van der Waals surface area contributed by atoms with Crippen molar-refractivity contribution >= 4 is 0 Å². The van der Waals surface area contributed by atoms with E-state index in [4.69, 9.17) is 0 Å². The Hall–Kier alpha value is -0.0400. The van der Waals surface area contributed by atoms with Gasteiger partial charge in [-0.25, -0.2) is 0 Å². The summed E-state index contributed by atoms with van der Waals surface area (Å²) in [6.07, 6.45) is 8.34. The average Bonchev–Trinajstić information content (AvgIpc) is 2.17. The highest BCUT2D eigenvalue weighted by Crippen LogP contribution is 2.22. The summed E-state index contributed by atoms with van der Waals surface area (Å²) >= 11 is 0. The van der Waals surface area contributed by atoms with Gasteiger partial charge < -0.3 is 5.32 Å².